The number of halogens is 1. The number of anilines is 1. The van der Waals surface area contributed by atoms with Crippen molar-refractivity contribution in [3.8, 4) is 0 Å². The van der Waals surface area contributed by atoms with Gasteiger partial charge in [0.2, 0.25) is 0 Å². The highest BCUT2D eigenvalue weighted by atomic mass is 35.5. The summed E-state index contributed by atoms with van der Waals surface area (Å²) in [7, 11) is 0. The van der Waals surface area contributed by atoms with Crippen molar-refractivity contribution in [1.29, 1.82) is 0 Å². The molecule has 4 rings (SSSR count). The van der Waals surface area contributed by atoms with Crippen molar-refractivity contribution in [2.24, 2.45) is 10.7 Å². The molecule has 1 fully saturated rings. The van der Waals surface area contributed by atoms with Crippen LogP contribution in [0, 0.1) is 0 Å². The summed E-state index contributed by atoms with van der Waals surface area (Å²) in [5.41, 5.74) is 8.61. The lowest BCUT2D eigenvalue weighted by molar-refractivity contribution is 0.308. The van der Waals surface area contributed by atoms with Crippen molar-refractivity contribution in [2.45, 2.75) is 18.5 Å². The smallest absolute Gasteiger partial charge is 0.196 e. The largest absolute Gasteiger partial charge is 0.369 e. The van der Waals surface area contributed by atoms with E-state index in [4.69, 9.17) is 17.3 Å². The molecule has 124 valence electrons. The van der Waals surface area contributed by atoms with Gasteiger partial charge in [-0.15, -0.1) is 0 Å². The first-order valence-electron chi connectivity index (χ1n) is 8.28. The van der Waals surface area contributed by atoms with E-state index in [1.54, 1.807) is 0 Å². The van der Waals surface area contributed by atoms with Crippen LogP contribution >= 0.6 is 11.6 Å². The number of guanidine groups is 1. The second-order valence-corrected chi connectivity index (χ2v) is 7.09. The van der Waals surface area contributed by atoms with Gasteiger partial charge in [-0.05, 0) is 36.2 Å². The lowest BCUT2D eigenvalue weighted by atomic mass is 9.97. The van der Waals surface area contributed by atoms with Crippen LogP contribution in [-0.4, -0.2) is 36.0 Å². The molecule has 0 bridgehead atoms. The molecule has 2 heterocycles. The minimum Gasteiger partial charge on any atom is -0.369 e. The standard InChI is InChI=1S/C19H21ClN4/c20-16-6-8-17(9-7-16)24-18(21)22-13-19(24)10-11-23(14-19)12-15-4-2-1-3-5-15/h1-9H,10-14H2,(H2,21,22). The van der Waals surface area contributed by atoms with E-state index in [0.29, 0.717) is 5.96 Å². The molecule has 0 radical (unpaired) electrons. The first kappa shape index (κ1) is 15.5. The van der Waals surface area contributed by atoms with E-state index in [0.717, 1.165) is 43.3 Å². The zero-order valence-corrected chi connectivity index (χ0v) is 14.3. The van der Waals surface area contributed by atoms with Crippen LogP contribution in [0.25, 0.3) is 0 Å². The molecule has 2 aromatic carbocycles. The van der Waals surface area contributed by atoms with Crippen molar-refractivity contribution in [1.82, 2.24) is 4.90 Å². The van der Waals surface area contributed by atoms with Crippen molar-refractivity contribution >= 4 is 23.2 Å². The molecule has 1 saturated heterocycles. The van der Waals surface area contributed by atoms with Crippen molar-refractivity contribution in [2.75, 3.05) is 24.5 Å². The Balaban J connectivity index is 1.55. The molecule has 0 aromatic heterocycles. The zero-order chi connectivity index (χ0) is 16.6. The number of likely N-dealkylation sites (tertiary alicyclic amines) is 1. The fraction of sp³-hybridized carbons (Fsp3) is 0.316. The minimum absolute atomic E-state index is 0.0350. The zero-order valence-electron chi connectivity index (χ0n) is 13.5. The molecule has 0 aliphatic carbocycles. The average molecular weight is 341 g/mol. The van der Waals surface area contributed by atoms with Crippen LogP contribution in [0.2, 0.25) is 5.02 Å². The number of hydrogen-bond donors (Lipinski definition) is 1. The van der Waals surface area contributed by atoms with Gasteiger partial charge in [-0.2, -0.15) is 0 Å². The van der Waals surface area contributed by atoms with Crippen LogP contribution < -0.4 is 10.6 Å². The van der Waals surface area contributed by atoms with Gasteiger partial charge in [0.1, 0.15) is 0 Å². The number of hydrogen-bond acceptors (Lipinski definition) is 4. The number of nitrogens with two attached hydrogens (primary N) is 1. The Kier molecular flexibility index (Phi) is 3.94. The molecular formula is C19H21ClN4. The third-order valence-electron chi connectivity index (χ3n) is 4.98. The van der Waals surface area contributed by atoms with E-state index in [1.165, 1.54) is 5.56 Å². The molecular weight excluding hydrogens is 320 g/mol. The Labute approximate surface area is 147 Å². The third kappa shape index (κ3) is 2.76. The van der Waals surface area contributed by atoms with Crippen LogP contribution in [-0.2, 0) is 6.54 Å². The lowest BCUT2D eigenvalue weighted by Gasteiger charge is -2.36. The normalized spacial score (nSPS) is 23.9. The minimum atomic E-state index is -0.0350. The first-order valence-corrected chi connectivity index (χ1v) is 8.66. The second-order valence-electron chi connectivity index (χ2n) is 6.66. The summed E-state index contributed by atoms with van der Waals surface area (Å²) < 4.78 is 0. The van der Waals surface area contributed by atoms with Gasteiger partial charge < -0.3 is 10.6 Å². The first-order chi connectivity index (χ1) is 11.7. The molecule has 2 aliphatic heterocycles. The van der Waals surface area contributed by atoms with Gasteiger partial charge in [0.15, 0.2) is 5.96 Å². The highest BCUT2D eigenvalue weighted by Gasteiger charge is 2.47. The summed E-state index contributed by atoms with van der Waals surface area (Å²) in [6.07, 6.45) is 1.06. The number of rotatable bonds is 3. The predicted octanol–water partition coefficient (Wildman–Crippen LogP) is 3.12. The van der Waals surface area contributed by atoms with E-state index in [-0.39, 0.29) is 5.54 Å². The maximum atomic E-state index is 6.23. The molecule has 0 amide bonds. The van der Waals surface area contributed by atoms with Gasteiger partial charge in [0, 0.05) is 30.3 Å². The fourth-order valence-corrected chi connectivity index (χ4v) is 3.96. The van der Waals surface area contributed by atoms with E-state index < -0.39 is 0 Å². The fourth-order valence-electron chi connectivity index (χ4n) is 3.84. The van der Waals surface area contributed by atoms with Gasteiger partial charge in [-0.3, -0.25) is 9.89 Å². The highest BCUT2D eigenvalue weighted by Crippen LogP contribution is 2.36. The maximum absolute atomic E-state index is 6.23. The Morgan fingerprint density at radius 1 is 1.08 bits per heavy atom. The van der Waals surface area contributed by atoms with Gasteiger partial charge in [0.05, 0.1) is 12.1 Å². The van der Waals surface area contributed by atoms with E-state index in [9.17, 15) is 0 Å². The van der Waals surface area contributed by atoms with E-state index >= 15 is 0 Å². The summed E-state index contributed by atoms with van der Waals surface area (Å²) in [5.74, 6) is 0.610. The van der Waals surface area contributed by atoms with Crippen LogP contribution in [0.15, 0.2) is 59.6 Å². The second kappa shape index (κ2) is 6.11. The molecule has 5 heteroatoms. The molecule has 1 atom stereocenters. The van der Waals surface area contributed by atoms with Crippen molar-refractivity contribution in [3.05, 3.63) is 65.2 Å². The SMILES string of the molecule is NC1=NCC2(CCN(Cc3ccccc3)C2)N1c1ccc(Cl)cc1. The topological polar surface area (TPSA) is 44.9 Å². The highest BCUT2D eigenvalue weighted by molar-refractivity contribution is 6.30. The molecule has 2 aromatic rings. The molecule has 0 saturated carbocycles. The van der Waals surface area contributed by atoms with E-state index in [1.807, 2.05) is 24.3 Å². The van der Waals surface area contributed by atoms with Crippen LogP contribution in [0.3, 0.4) is 0 Å². The van der Waals surface area contributed by atoms with Gasteiger partial charge in [-0.1, -0.05) is 41.9 Å². The number of nitrogens with zero attached hydrogens (tertiary/aromatic N) is 3. The third-order valence-corrected chi connectivity index (χ3v) is 5.24. The van der Waals surface area contributed by atoms with Crippen LogP contribution in [0.4, 0.5) is 5.69 Å². The van der Waals surface area contributed by atoms with Crippen molar-refractivity contribution in [3.63, 3.8) is 0 Å². The van der Waals surface area contributed by atoms with Crippen molar-refractivity contribution < 1.29 is 0 Å². The summed E-state index contributed by atoms with van der Waals surface area (Å²) in [5, 5.41) is 0.736. The summed E-state index contributed by atoms with van der Waals surface area (Å²) in [4.78, 5) is 9.25. The molecule has 2 N–H and O–H groups in total. The molecule has 2 aliphatic rings. The monoisotopic (exact) mass is 340 g/mol. The van der Waals surface area contributed by atoms with Gasteiger partial charge in [-0.25, -0.2) is 0 Å². The quantitative estimate of drug-likeness (QED) is 0.933. The van der Waals surface area contributed by atoms with Gasteiger partial charge in [0.25, 0.3) is 0 Å². The van der Waals surface area contributed by atoms with E-state index in [2.05, 4.69) is 45.1 Å². The Morgan fingerprint density at radius 3 is 2.58 bits per heavy atom. The summed E-state index contributed by atoms with van der Waals surface area (Å²) in [6.45, 7) is 3.75. The summed E-state index contributed by atoms with van der Waals surface area (Å²) in [6, 6.07) is 18.5. The Hall–Kier alpha value is -2.04. The molecule has 24 heavy (non-hydrogen) atoms. The molecule has 4 nitrogen and oxygen atoms in total. The predicted molar refractivity (Wildman–Crippen MR) is 99.5 cm³/mol. The Bertz CT molecular complexity index is 744. The Morgan fingerprint density at radius 2 is 1.83 bits per heavy atom. The molecule has 1 spiro atoms. The maximum Gasteiger partial charge on any atom is 0.196 e. The molecule has 1 unspecified atom stereocenters. The van der Waals surface area contributed by atoms with Crippen LogP contribution in [0.1, 0.15) is 12.0 Å². The summed E-state index contributed by atoms with van der Waals surface area (Å²) >= 11 is 6.03. The van der Waals surface area contributed by atoms with Crippen LogP contribution in [0.5, 0.6) is 0 Å². The number of aliphatic imine (C=N–C) groups is 1. The lowest BCUT2D eigenvalue weighted by Crippen LogP contribution is -2.53. The average Bonchev–Trinajstić information content (AvgIpc) is 3.14. The van der Waals surface area contributed by atoms with Gasteiger partial charge >= 0.3 is 0 Å². The number of benzene rings is 2.